The van der Waals surface area contributed by atoms with Crippen LogP contribution in [0.15, 0.2) is 77.6 Å². The van der Waals surface area contributed by atoms with Gasteiger partial charge in [0.1, 0.15) is 11.4 Å². The van der Waals surface area contributed by atoms with E-state index in [0.717, 1.165) is 5.69 Å². The van der Waals surface area contributed by atoms with E-state index in [9.17, 15) is 9.59 Å². The van der Waals surface area contributed by atoms with Crippen molar-refractivity contribution >= 4 is 22.4 Å². The molecule has 0 atom stereocenters. The van der Waals surface area contributed by atoms with Crippen molar-refractivity contribution in [2.75, 3.05) is 19.1 Å². The van der Waals surface area contributed by atoms with Crippen LogP contribution >= 0.6 is 0 Å². The Kier molecular flexibility index (Phi) is 5.77. The van der Waals surface area contributed by atoms with E-state index in [0.29, 0.717) is 28.1 Å². The summed E-state index contributed by atoms with van der Waals surface area (Å²) in [6.07, 6.45) is 0. The Hall–Kier alpha value is -3.93. The smallest absolute Gasteiger partial charge is 0.279 e. The fourth-order valence-corrected chi connectivity index (χ4v) is 3.67. The molecule has 3 aromatic carbocycles. The van der Waals surface area contributed by atoms with Gasteiger partial charge in [0.15, 0.2) is 5.69 Å². The second-order valence-corrected chi connectivity index (χ2v) is 7.89. The lowest BCUT2D eigenvalue weighted by molar-refractivity contribution is 0.0988. The van der Waals surface area contributed by atoms with Crippen LogP contribution < -0.4 is 15.2 Å². The second-order valence-electron chi connectivity index (χ2n) is 7.89. The number of amides is 1. The standard InChI is InChI=1S/C26H25N3O3/c1-17(2)18-13-15-19(16-14-18)28(3)26(31)24-20-9-5-6-10-21(20)25(30)29(27-24)22-11-7-8-12-23(22)32-4/h5-17H,1-4H3. The molecule has 4 aromatic rings. The number of methoxy groups -OCH3 is 1. The first kappa shape index (κ1) is 21.3. The molecule has 0 saturated heterocycles. The minimum absolute atomic E-state index is 0.196. The number of ether oxygens (including phenoxy) is 1. The Morgan fingerprint density at radius 1 is 0.938 bits per heavy atom. The molecule has 32 heavy (non-hydrogen) atoms. The number of para-hydroxylation sites is 2. The van der Waals surface area contributed by atoms with Gasteiger partial charge in [-0.05, 0) is 41.8 Å². The van der Waals surface area contributed by atoms with Crippen LogP contribution in [0.2, 0.25) is 0 Å². The average molecular weight is 428 g/mol. The average Bonchev–Trinajstić information content (AvgIpc) is 2.83. The van der Waals surface area contributed by atoms with Gasteiger partial charge in [-0.2, -0.15) is 9.78 Å². The van der Waals surface area contributed by atoms with Gasteiger partial charge in [-0.1, -0.05) is 56.3 Å². The predicted octanol–water partition coefficient (Wildman–Crippen LogP) is 4.79. The Balaban J connectivity index is 1.87. The second kappa shape index (κ2) is 8.67. The van der Waals surface area contributed by atoms with Gasteiger partial charge >= 0.3 is 0 Å². The SMILES string of the molecule is COc1ccccc1-n1nc(C(=O)N(C)c2ccc(C(C)C)cc2)c2ccccc2c1=O. The van der Waals surface area contributed by atoms with E-state index in [4.69, 9.17) is 4.74 Å². The van der Waals surface area contributed by atoms with Crippen LogP contribution in [0, 0.1) is 0 Å². The molecule has 1 amide bonds. The number of hydrogen-bond donors (Lipinski definition) is 0. The van der Waals surface area contributed by atoms with Crippen molar-refractivity contribution in [1.29, 1.82) is 0 Å². The minimum atomic E-state index is -0.314. The lowest BCUT2D eigenvalue weighted by atomic mass is 10.0. The first-order chi connectivity index (χ1) is 15.4. The molecule has 1 aromatic heterocycles. The van der Waals surface area contributed by atoms with Crippen molar-refractivity contribution in [3.63, 3.8) is 0 Å². The van der Waals surface area contributed by atoms with Crippen LogP contribution in [0.3, 0.4) is 0 Å². The minimum Gasteiger partial charge on any atom is -0.494 e. The highest BCUT2D eigenvalue weighted by atomic mass is 16.5. The van der Waals surface area contributed by atoms with Gasteiger partial charge in [-0.15, -0.1) is 0 Å². The molecule has 1 heterocycles. The van der Waals surface area contributed by atoms with Gasteiger partial charge in [0, 0.05) is 18.1 Å². The number of carbonyl (C=O) groups is 1. The zero-order chi connectivity index (χ0) is 22.8. The van der Waals surface area contributed by atoms with Crippen molar-refractivity contribution in [2.45, 2.75) is 19.8 Å². The summed E-state index contributed by atoms with van der Waals surface area (Å²) in [5.41, 5.74) is 2.30. The number of rotatable bonds is 5. The maximum Gasteiger partial charge on any atom is 0.279 e. The maximum absolute atomic E-state index is 13.5. The van der Waals surface area contributed by atoms with Gasteiger partial charge < -0.3 is 9.64 Å². The molecule has 0 spiro atoms. The molecule has 0 aliphatic rings. The van der Waals surface area contributed by atoms with Crippen LogP contribution in [0.1, 0.15) is 35.8 Å². The lowest BCUT2D eigenvalue weighted by Crippen LogP contribution is -2.31. The zero-order valence-corrected chi connectivity index (χ0v) is 18.6. The molecule has 0 fully saturated rings. The third-order valence-corrected chi connectivity index (χ3v) is 5.57. The van der Waals surface area contributed by atoms with E-state index >= 15 is 0 Å². The summed E-state index contributed by atoms with van der Waals surface area (Å²) in [7, 11) is 3.24. The van der Waals surface area contributed by atoms with Crippen molar-refractivity contribution in [3.8, 4) is 11.4 Å². The molecule has 4 rings (SSSR count). The summed E-state index contributed by atoms with van der Waals surface area (Å²) in [6, 6.07) is 22.0. The monoisotopic (exact) mass is 427 g/mol. The largest absolute Gasteiger partial charge is 0.494 e. The molecule has 0 saturated carbocycles. The first-order valence-corrected chi connectivity index (χ1v) is 10.5. The topological polar surface area (TPSA) is 64.4 Å². The molecule has 0 unspecified atom stereocenters. The van der Waals surface area contributed by atoms with Gasteiger partial charge in [-0.3, -0.25) is 9.59 Å². The van der Waals surface area contributed by atoms with E-state index in [2.05, 4.69) is 18.9 Å². The Morgan fingerprint density at radius 2 is 1.56 bits per heavy atom. The fourth-order valence-electron chi connectivity index (χ4n) is 3.67. The van der Waals surface area contributed by atoms with Crippen molar-refractivity contribution < 1.29 is 9.53 Å². The summed E-state index contributed by atoms with van der Waals surface area (Å²) >= 11 is 0. The third kappa shape index (κ3) is 3.75. The lowest BCUT2D eigenvalue weighted by Gasteiger charge is -2.19. The first-order valence-electron chi connectivity index (χ1n) is 10.5. The zero-order valence-electron chi connectivity index (χ0n) is 18.6. The number of anilines is 1. The van der Waals surface area contributed by atoms with E-state index in [1.54, 1.807) is 54.4 Å². The highest BCUT2D eigenvalue weighted by Crippen LogP contribution is 2.24. The quantitative estimate of drug-likeness (QED) is 0.459. The van der Waals surface area contributed by atoms with E-state index in [1.165, 1.54) is 17.4 Å². The third-order valence-electron chi connectivity index (χ3n) is 5.57. The normalized spacial score (nSPS) is 11.0. The molecule has 0 N–H and O–H groups in total. The molecule has 0 aliphatic heterocycles. The summed E-state index contributed by atoms with van der Waals surface area (Å²) in [4.78, 5) is 28.3. The summed E-state index contributed by atoms with van der Waals surface area (Å²) in [5, 5.41) is 5.43. The Morgan fingerprint density at radius 3 is 2.22 bits per heavy atom. The van der Waals surface area contributed by atoms with E-state index in [1.807, 2.05) is 30.3 Å². The maximum atomic E-state index is 13.5. The van der Waals surface area contributed by atoms with E-state index in [-0.39, 0.29) is 17.2 Å². The van der Waals surface area contributed by atoms with Crippen LogP contribution in [0.5, 0.6) is 5.75 Å². The number of fused-ring (bicyclic) bond motifs is 1. The van der Waals surface area contributed by atoms with Crippen LogP contribution in [0.25, 0.3) is 16.5 Å². The number of nitrogens with zero attached hydrogens (tertiary/aromatic N) is 3. The van der Waals surface area contributed by atoms with Gasteiger partial charge in [0.2, 0.25) is 0 Å². The summed E-state index contributed by atoms with van der Waals surface area (Å²) < 4.78 is 6.66. The van der Waals surface area contributed by atoms with Gasteiger partial charge in [0.05, 0.1) is 12.5 Å². The van der Waals surface area contributed by atoms with Crippen LogP contribution in [0.4, 0.5) is 5.69 Å². The van der Waals surface area contributed by atoms with Crippen LogP contribution in [-0.4, -0.2) is 29.8 Å². The molecular formula is C26H25N3O3. The van der Waals surface area contributed by atoms with E-state index < -0.39 is 0 Å². The summed E-state index contributed by atoms with van der Waals surface area (Å²) in [6.45, 7) is 4.25. The van der Waals surface area contributed by atoms with Crippen molar-refractivity contribution in [1.82, 2.24) is 9.78 Å². The molecule has 0 aliphatic carbocycles. The van der Waals surface area contributed by atoms with Gasteiger partial charge in [-0.25, -0.2) is 0 Å². The highest BCUT2D eigenvalue weighted by molar-refractivity contribution is 6.12. The number of hydrogen-bond acceptors (Lipinski definition) is 4. The Bertz CT molecular complexity index is 1340. The number of aromatic nitrogens is 2. The van der Waals surface area contributed by atoms with Crippen molar-refractivity contribution in [3.05, 3.63) is 94.4 Å². The Labute approximate surface area is 186 Å². The fraction of sp³-hybridized carbons (Fsp3) is 0.192. The predicted molar refractivity (Wildman–Crippen MR) is 127 cm³/mol. The molecule has 0 bridgehead atoms. The highest BCUT2D eigenvalue weighted by Gasteiger charge is 2.22. The molecule has 162 valence electrons. The van der Waals surface area contributed by atoms with Crippen LogP contribution in [-0.2, 0) is 0 Å². The molecule has 6 heteroatoms. The number of carbonyl (C=O) groups excluding carboxylic acids is 1. The van der Waals surface area contributed by atoms with Crippen molar-refractivity contribution in [2.24, 2.45) is 0 Å². The molecular weight excluding hydrogens is 402 g/mol. The van der Waals surface area contributed by atoms with Gasteiger partial charge in [0.25, 0.3) is 11.5 Å². The number of benzene rings is 3. The summed E-state index contributed by atoms with van der Waals surface area (Å²) in [5.74, 6) is 0.593. The molecule has 0 radical (unpaired) electrons. The molecule has 6 nitrogen and oxygen atoms in total.